The second kappa shape index (κ2) is 6.72. The van der Waals surface area contributed by atoms with Gasteiger partial charge in [-0.2, -0.15) is 4.91 Å². The molecular weight excluding hydrogens is 160 g/mol. The average molecular weight is 174 g/mol. The average Bonchev–Trinajstić information content (AvgIpc) is 2.03. The topological polar surface area (TPSA) is 92.8 Å². The summed E-state index contributed by atoms with van der Waals surface area (Å²) in [5.74, 6) is -0.969. The van der Waals surface area contributed by atoms with Gasteiger partial charge < -0.3 is 10.8 Å². The molecule has 5 nitrogen and oxygen atoms in total. The number of unbranched alkanes of at least 4 members (excludes halogenated alkanes) is 2. The number of carboxylic acids is 1. The van der Waals surface area contributed by atoms with Crippen molar-refractivity contribution >= 4 is 5.97 Å². The van der Waals surface area contributed by atoms with Crippen LogP contribution >= 0.6 is 0 Å². The van der Waals surface area contributed by atoms with E-state index in [2.05, 4.69) is 5.18 Å². The van der Waals surface area contributed by atoms with Crippen LogP contribution in [0.1, 0.15) is 25.7 Å². The Kier molecular flexibility index (Phi) is 6.18. The summed E-state index contributed by atoms with van der Waals surface area (Å²) in [6.45, 7) is 0.308. The highest BCUT2D eigenvalue weighted by Crippen LogP contribution is 2.02. The molecule has 1 atom stereocenters. The first kappa shape index (κ1) is 11.0. The van der Waals surface area contributed by atoms with Crippen molar-refractivity contribution in [2.45, 2.75) is 31.7 Å². The predicted molar refractivity (Wildman–Crippen MR) is 44.7 cm³/mol. The zero-order valence-electron chi connectivity index (χ0n) is 6.90. The second-order valence-electron chi connectivity index (χ2n) is 2.65. The fourth-order valence-electron chi connectivity index (χ4n) is 0.841. The molecule has 0 amide bonds. The summed E-state index contributed by atoms with van der Waals surface area (Å²) in [6.07, 6.45) is 2.74. The van der Waals surface area contributed by atoms with E-state index in [1.807, 2.05) is 0 Å². The first-order valence-corrected chi connectivity index (χ1v) is 3.96. The Morgan fingerprint density at radius 2 is 2.08 bits per heavy atom. The van der Waals surface area contributed by atoms with Crippen LogP contribution in [0.2, 0.25) is 0 Å². The Labute approximate surface area is 70.9 Å². The van der Waals surface area contributed by atoms with Gasteiger partial charge in [-0.25, -0.2) is 0 Å². The van der Waals surface area contributed by atoms with Crippen LogP contribution in [0.5, 0.6) is 0 Å². The van der Waals surface area contributed by atoms with Crippen molar-refractivity contribution in [2.75, 3.05) is 6.54 Å². The van der Waals surface area contributed by atoms with Crippen molar-refractivity contribution in [3.05, 3.63) is 4.91 Å². The Morgan fingerprint density at radius 3 is 2.58 bits per heavy atom. The third-order valence-electron chi connectivity index (χ3n) is 1.58. The third-order valence-corrected chi connectivity index (χ3v) is 1.58. The molecule has 5 heteroatoms. The van der Waals surface area contributed by atoms with E-state index in [4.69, 9.17) is 10.8 Å². The van der Waals surface area contributed by atoms with Crippen LogP contribution in [0, 0.1) is 4.91 Å². The number of aliphatic carboxylic acids is 1. The number of carbonyl (C=O) groups is 1. The van der Waals surface area contributed by atoms with Crippen molar-refractivity contribution in [1.82, 2.24) is 0 Å². The summed E-state index contributed by atoms with van der Waals surface area (Å²) in [7, 11) is 0. The van der Waals surface area contributed by atoms with Gasteiger partial charge in [0.2, 0.25) is 0 Å². The standard InChI is InChI=1S/C7H14N2O3/c8-6(7(10)11)4-2-1-3-5-9-12/h6H,1-5,8H2,(H,10,11)/t6-/m0/s1. The quantitative estimate of drug-likeness (QED) is 0.439. The van der Waals surface area contributed by atoms with Crippen molar-refractivity contribution < 1.29 is 9.90 Å². The van der Waals surface area contributed by atoms with Crippen LogP contribution in [-0.4, -0.2) is 23.7 Å². The third kappa shape index (κ3) is 5.79. The molecule has 0 saturated heterocycles. The van der Waals surface area contributed by atoms with Gasteiger partial charge in [0.15, 0.2) is 0 Å². The number of hydrogen-bond acceptors (Lipinski definition) is 4. The number of nitroso groups, excluding NO2 is 1. The van der Waals surface area contributed by atoms with E-state index < -0.39 is 12.0 Å². The Hall–Kier alpha value is -0.970. The van der Waals surface area contributed by atoms with Gasteiger partial charge in [0.25, 0.3) is 0 Å². The number of rotatable bonds is 7. The van der Waals surface area contributed by atoms with Crippen LogP contribution in [0.25, 0.3) is 0 Å². The molecule has 0 aromatic carbocycles. The molecule has 0 heterocycles. The molecule has 0 rings (SSSR count). The van der Waals surface area contributed by atoms with E-state index in [9.17, 15) is 9.70 Å². The van der Waals surface area contributed by atoms with Gasteiger partial charge in [0, 0.05) is 0 Å². The second-order valence-corrected chi connectivity index (χ2v) is 2.65. The first-order valence-electron chi connectivity index (χ1n) is 3.96. The normalized spacial score (nSPS) is 12.4. The Balaban J connectivity index is 3.19. The van der Waals surface area contributed by atoms with Gasteiger partial charge in [-0.15, -0.1) is 0 Å². The van der Waals surface area contributed by atoms with Gasteiger partial charge in [-0.3, -0.25) is 4.79 Å². The molecule has 0 radical (unpaired) electrons. The van der Waals surface area contributed by atoms with Gasteiger partial charge in [0.05, 0.1) is 6.54 Å². The largest absolute Gasteiger partial charge is 0.480 e. The fraction of sp³-hybridized carbons (Fsp3) is 0.857. The molecule has 0 bridgehead atoms. The van der Waals surface area contributed by atoms with Crippen LogP contribution in [0.3, 0.4) is 0 Å². The van der Waals surface area contributed by atoms with Crippen molar-refractivity contribution in [1.29, 1.82) is 0 Å². The summed E-state index contributed by atoms with van der Waals surface area (Å²) in [4.78, 5) is 19.9. The molecule has 0 aromatic heterocycles. The van der Waals surface area contributed by atoms with E-state index in [0.29, 0.717) is 13.0 Å². The fourth-order valence-corrected chi connectivity index (χ4v) is 0.841. The molecule has 0 saturated carbocycles. The molecule has 0 fully saturated rings. The number of hydrogen-bond donors (Lipinski definition) is 2. The lowest BCUT2D eigenvalue weighted by molar-refractivity contribution is -0.138. The summed E-state index contributed by atoms with van der Waals surface area (Å²) in [5, 5.41) is 11.1. The maximum atomic E-state index is 10.2. The summed E-state index contributed by atoms with van der Waals surface area (Å²) < 4.78 is 0. The van der Waals surface area contributed by atoms with Gasteiger partial charge in [-0.1, -0.05) is 18.0 Å². The van der Waals surface area contributed by atoms with Crippen molar-refractivity contribution in [3.8, 4) is 0 Å². The minimum absolute atomic E-state index is 0.308. The lowest BCUT2D eigenvalue weighted by Gasteiger charge is -2.04. The van der Waals surface area contributed by atoms with Crippen molar-refractivity contribution in [3.63, 3.8) is 0 Å². The van der Waals surface area contributed by atoms with Crippen LogP contribution < -0.4 is 5.73 Å². The first-order chi connectivity index (χ1) is 5.68. The van der Waals surface area contributed by atoms with Crippen LogP contribution in [-0.2, 0) is 4.79 Å². The molecule has 70 valence electrons. The van der Waals surface area contributed by atoms with Crippen LogP contribution in [0.15, 0.2) is 5.18 Å². The molecular formula is C7H14N2O3. The minimum Gasteiger partial charge on any atom is -0.480 e. The maximum Gasteiger partial charge on any atom is 0.320 e. The molecule has 0 aromatic rings. The zero-order valence-corrected chi connectivity index (χ0v) is 6.90. The van der Waals surface area contributed by atoms with E-state index in [-0.39, 0.29) is 0 Å². The highest BCUT2D eigenvalue weighted by Gasteiger charge is 2.09. The number of carboxylic acid groups (broad SMARTS) is 1. The molecule has 0 unspecified atom stereocenters. The number of nitrogens with zero attached hydrogens (tertiary/aromatic N) is 1. The molecule has 0 aliphatic carbocycles. The smallest absolute Gasteiger partial charge is 0.320 e. The van der Waals surface area contributed by atoms with E-state index in [1.54, 1.807) is 0 Å². The Bertz CT molecular complexity index is 150. The summed E-state index contributed by atoms with van der Waals surface area (Å²) >= 11 is 0. The van der Waals surface area contributed by atoms with Gasteiger partial charge in [0.1, 0.15) is 6.04 Å². The van der Waals surface area contributed by atoms with E-state index in [0.717, 1.165) is 19.3 Å². The van der Waals surface area contributed by atoms with Gasteiger partial charge in [-0.05, 0) is 12.8 Å². The maximum absolute atomic E-state index is 10.2. The molecule has 12 heavy (non-hydrogen) atoms. The highest BCUT2D eigenvalue weighted by atomic mass is 16.4. The zero-order chi connectivity index (χ0) is 9.40. The summed E-state index contributed by atoms with van der Waals surface area (Å²) in [5.41, 5.74) is 5.25. The monoisotopic (exact) mass is 174 g/mol. The molecule has 0 spiro atoms. The van der Waals surface area contributed by atoms with E-state index in [1.165, 1.54) is 0 Å². The van der Waals surface area contributed by atoms with Gasteiger partial charge >= 0.3 is 5.97 Å². The molecule has 0 aliphatic rings. The molecule has 0 aliphatic heterocycles. The highest BCUT2D eigenvalue weighted by molar-refractivity contribution is 5.72. The molecule has 3 N–H and O–H groups in total. The lowest BCUT2D eigenvalue weighted by atomic mass is 10.1. The SMILES string of the molecule is N[C@@H](CCCCCN=O)C(=O)O. The van der Waals surface area contributed by atoms with Crippen molar-refractivity contribution in [2.24, 2.45) is 10.9 Å². The summed E-state index contributed by atoms with van der Waals surface area (Å²) in [6, 6.07) is -0.769. The minimum atomic E-state index is -0.969. The van der Waals surface area contributed by atoms with Crippen LogP contribution in [0.4, 0.5) is 0 Å². The van der Waals surface area contributed by atoms with E-state index >= 15 is 0 Å². The predicted octanol–water partition coefficient (Wildman–Crippen LogP) is 0.725. The Morgan fingerprint density at radius 1 is 1.42 bits per heavy atom. The lowest BCUT2D eigenvalue weighted by Crippen LogP contribution is -2.29. The number of nitrogens with two attached hydrogens (primary N) is 1.